The van der Waals surface area contributed by atoms with Crippen molar-refractivity contribution in [2.45, 2.75) is 282 Å². The summed E-state index contributed by atoms with van der Waals surface area (Å²) >= 11 is 0. The number of hydrogen-bond acceptors (Lipinski definition) is 10. The van der Waals surface area contributed by atoms with Crippen molar-refractivity contribution in [3.05, 3.63) is 134 Å². The van der Waals surface area contributed by atoms with Gasteiger partial charge in [0.25, 0.3) is 0 Å². The highest BCUT2D eigenvalue weighted by Gasteiger charge is 2.47. The van der Waals surface area contributed by atoms with Crippen LogP contribution in [-0.2, 0) is 23.8 Å². The van der Waals surface area contributed by atoms with E-state index < -0.39 is 67.4 Å². The summed E-state index contributed by atoms with van der Waals surface area (Å²) in [5, 5.41) is 56.9. The summed E-state index contributed by atoms with van der Waals surface area (Å²) < 4.78 is 17.6. The van der Waals surface area contributed by atoms with E-state index in [0.29, 0.717) is 12.8 Å². The molecule has 6 N–H and O–H groups in total. The first-order valence-electron chi connectivity index (χ1n) is 32.0. The molecule has 0 aromatic rings. The molecule has 8 atom stereocenters. The fraction of sp³-hybridized carbons (Fsp3) is 0.657. The van der Waals surface area contributed by atoms with E-state index in [4.69, 9.17) is 14.2 Å². The van der Waals surface area contributed by atoms with Gasteiger partial charge in [-0.3, -0.25) is 9.59 Å². The maximum absolute atomic E-state index is 13.4. The summed E-state index contributed by atoms with van der Waals surface area (Å²) in [6.45, 7) is 5.49. The summed E-state index contributed by atoms with van der Waals surface area (Å²) in [7, 11) is 0. The predicted octanol–water partition coefficient (Wildman–Crippen LogP) is 15.6. The summed E-state index contributed by atoms with van der Waals surface area (Å²) in [6.07, 6.45) is 69.2. The number of hydrogen-bond donors (Lipinski definition) is 6. The van der Waals surface area contributed by atoms with Crippen molar-refractivity contribution in [3.8, 4) is 0 Å². The van der Waals surface area contributed by atoms with Crippen LogP contribution in [0.4, 0.5) is 0 Å². The molecule has 11 nitrogen and oxygen atoms in total. The topological polar surface area (TPSA) is 175 Å². The van der Waals surface area contributed by atoms with Gasteiger partial charge in [0.1, 0.15) is 24.4 Å². The molecule has 1 heterocycles. The van der Waals surface area contributed by atoms with E-state index in [2.05, 4.69) is 111 Å². The van der Waals surface area contributed by atoms with E-state index in [1.165, 1.54) is 57.8 Å². The lowest BCUT2D eigenvalue weighted by Crippen LogP contribution is -2.61. The lowest BCUT2D eigenvalue weighted by Gasteiger charge is -2.41. The van der Waals surface area contributed by atoms with Crippen LogP contribution in [0.3, 0.4) is 0 Å². The maximum atomic E-state index is 13.4. The molecule has 0 saturated carbocycles. The minimum absolute atomic E-state index is 0.102. The molecule has 0 aromatic heterocycles. The number of carbonyl (C=O) groups excluding carboxylic acids is 2. The van der Waals surface area contributed by atoms with Crippen LogP contribution in [0.25, 0.3) is 0 Å². The van der Waals surface area contributed by atoms with Gasteiger partial charge in [0, 0.05) is 6.42 Å². The van der Waals surface area contributed by atoms with Crippen LogP contribution in [-0.4, -0.2) is 99.6 Å². The lowest BCUT2D eigenvalue weighted by molar-refractivity contribution is -0.305. The van der Waals surface area contributed by atoms with E-state index >= 15 is 0 Å². The smallest absolute Gasteiger partial charge is 0.306 e. The van der Waals surface area contributed by atoms with Crippen LogP contribution >= 0.6 is 0 Å². The van der Waals surface area contributed by atoms with Crippen molar-refractivity contribution in [3.63, 3.8) is 0 Å². The number of ether oxygens (including phenoxy) is 3. The van der Waals surface area contributed by atoms with Gasteiger partial charge in [0.2, 0.25) is 5.91 Å². The zero-order valence-electron chi connectivity index (χ0n) is 50.8. The van der Waals surface area contributed by atoms with Gasteiger partial charge in [-0.2, -0.15) is 0 Å². The summed E-state index contributed by atoms with van der Waals surface area (Å²) in [5.74, 6) is -1.24. The van der Waals surface area contributed by atoms with Crippen molar-refractivity contribution >= 4 is 11.9 Å². The van der Waals surface area contributed by atoms with Crippen LogP contribution in [0, 0.1) is 0 Å². The summed E-state index contributed by atoms with van der Waals surface area (Å²) in [4.78, 5) is 26.5. The van der Waals surface area contributed by atoms with E-state index in [0.717, 1.165) is 128 Å². The standard InChI is InChI=1S/C70H115NO10/c1-4-7-10-13-16-19-22-24-26-27-28-29-30-31-32-33-34-35-36-37-38-40-43-46-49-52-55-58-65(75)81-68-67(77)66(76)64(59-72)80-70(68)79-60-61(62(73)56-53-50-47-44-41-21-18-15-12-9-6-3)71-69(78)63(74)57-54-51-48-45-42-39-25-23-20-17-14-11-8-5-2/h7-8,10-11,14,16-17,19-20,23-26,28-29,31-32,34-35,39,53,56,61-64,66-68,70,72-74,76-77H,4-6,9,12-13,15,18,21-22,27,30,33,36-38,40-52,54-55,57-60H2,1-3H3,(H,71,78)/b10-7-,11-8+,17-14+,19-16-,23-20+,26-24-,29-28-,32-31-,35-34-,39-25-,56-53+. The molecule has 11 heteroatoms. The van der Waals surface area contributed by atoms with Crippen LogP contribution in [0.1, 0.15) is 233 Å². The molecule has 81 heavy (non-hydrogen) atoms. The number of carbonyl (C=O) groups is 2. The van der Waals surface area contributed by atoms with Crippen molar-refractivity contribution in [2.75, 3.05) is 13.2 Å². The van der Waals surface area contributed by atoms with Gasteiger partial charge in [0.05, 0.1) is 25.4 Å². The number of rotatable bonds is 52. The zero-order valence-corrected chi connectivity index (χ0v) is 50.8. The van der Waals surface area contributed by atoms with Gasteiger partial charge in [-0.05, 0) is 96.3 Å². The van der Waals surface area contributed by atoms with Gasteiger partial charge in [0.15, 0.2) is 12.4 Å². The summed E-state index contributed by atoms with van der Waals surface area (Å²) in [6, 6.07) is -1.05. The number of unbranched alkanes of at least 4 members (excludes halogenated alkanes) is 21. The molecule has 1 amide bonds. The van der Waals surface area contributed by atoms with Crippen LogP contribution in [0.2, 0.25) is 0 Å². The number of aliphatic hydroxyl groups is 5. The van der Waals surface area contributed by atoms with E-state index in [1.54, 1.807) is 6.08 Å². The molecule has 0 radical (unpaired) electrons. The highest BCUT2D eigenvalue weighted by atomic mass is 16.7. The van der Waals surface area contributed by atoms with Gasteiger partial charge < -0.3 is 45.1 Å². The van der Waals surface area contributed by atoms with E-state index in [9.17, 15) is 35.1 Å². The van der Waals surface area contributed by atoms with Crippen molar-refractivity contribution < 1.29 is 49.3 Å². The molecule has 0 aliphatic carbocycles. The molecule has 0 bridgehead atoms. The minimum Gasteiger partial charge on any atom is -0.454 e. The fourth-order valence-corrected chi connectivity index (χ4v) is 9.13. The largest absolute Gasteiger partial charge is 0.454 e. The third-order valence-corrected chi connectivity index (χ3v) is 14.1. The Morgan fingerprint density at radius 3 is 1.48 bits per heavy atom. The molecule has 0 spiro atoms. The van der Waals surface area contributed by atoms with Gasteiger partial charge in [-0.25, -0.2) is 0 Å². The van der Waals surface area contributed by atoms with Crippen LogP contribution < -0.4 is 5.32 Å². The molecular formula is C70H115NO10. The Morgan fingerprint density at radius 1 is 0.506 bits per heavy atom. The Morgan fingerprint density at radius 2 is 0.951 bits per heavy atom. The Kier molecular flexibility index (Phi) is 52.0. The average molecular weight is 1130 g/mol. The second kappa shape index (κ2) is 56.3. The Hall–Kier alpha value is -4.20. The SMILES string of the molecule is CC/C=C\C/C=C\C/C=C\C/C=C\C/C=C\C/C=C\CCCCCCCCCCC(=O)OC1C(OCC(NC(=O)C(O)CCCCCC\C=C/C=C/C=C/C=C/CC)C(O)/C=C/CCCCCCCCCCC)OC(CO)C(O)C1O. The normalized spacial score (nSPS) is 19.6. The Labute approximate surface area is 493 Å². The first-order chi connectivity index (χ1) is 39.7. The van der Waals surface area contributed by atoms with Crippen molar-refractivity contribution in [1.82, 2.24) is 5.32 Å². The van der Waals surface area contributed by atoms with Crippen molar-refractivity contribution in [2.24, 2.45) is 0 Å². The molecule has 1 aliphatic rings. The lowest BCUT2D eigenvalue weighted by atomic mass is 9.99. The molecule has 460 valence electrons. The second-order valence-electron chi connectivity index (χ2n) is 21.5. The quantitative estimate of drug-likeness (QED) is 0.0149. The Balaban J connectivity index is 2.60. The highest BCUT2D eigenvalue weighted by molar-refractivity contribution is 5.80. The average Bonchev–Trinajstić information content (AvgIpc) is 3.49. The number of allylic oxidation sites excluding steroid dienone is 21. The van der Waals surface area contributed by atoms with Gasteiger partial charge in [-0.15, -0.1) is 0 Å². The molecule has 0 aromatic carbocycles. The van der Waals surface area contributed by atoms with E-state index in [-0.39, 0.29) is 19.4 Å². The Bertz CT molecular complexity index is 1830. The molecule has 8 unspecified atom stereocenters. The number of nitrogens with one attached hydrogen (secondary N) is 1. The maximum Gasteiger partial charge on any atom is 0.306 e. The molecule has 1 aliphatic heterocycles. The van der Waals surface area contributed by atoms with Gasteiger partial charge in [-0.1, -0.05) is 264 Å². The predicted molar refractivity (Wildman–Crippen MR) is 337 cm³/mol. The highest BCUT2D eigenvalue weighted by Crippen LogP contribution is 2.26. The van der Waals surface area contributed by atoms with E-state index in [1.807, 2.05) is 42.5 Å². The first-order valence-corrected chi connectivity index (χ1v) is 32.0. The molecule has 1 saturated heterocycles. The monoisotopic (exact) mass is 1130 g/mol. The number of amides is 1. The third kappa shape index (κ3) is 44.1. The molecular weight excluding hydrogens is 1010 g/mol. The number of esters is 1. The first kappa shape index (κ1) is 74.8. The molecule has 1 fully saturated rings. The molecule has 1 rings (SSSR count). The third-order valence-electron chi connectivity index (χ3n) is 14.1. The number of aliphatic hydroxyl groups excluding tert-OH is 5. The minimum atomic E-state index is -1.63. The second-order valence-corrected chi connectivity index (χ2v) is 21.5. The van der Waals surface area contributed by atoms with Crippen molar-refractivity contribution in [1.29, 1.82) is 0 Å². The zero-order chi connectivity index (χ0) is 58.9. The van der Waals surface area contributed by atoms with Gasteiger partial charge >= 0.3 is 5.97 Å². The van der Waals surface area contributed by atoms with Crippen LogP contribution in [0.5, 0.6) is 0 Å². The fourth-order valence-electron chi connectivity index (χ4n) is 9.13. The van der Waals surface area contributed by atoms with Crippen LogP contribution in [0.15, 0.2) is 134 Å². The summed E-state index contributed by atoms with van der Waals surface area (Å²) in [5.41, 5.74) is 0.